The van der Waals surface area contributed by atoms with Gasteiger partial charge in [-0.1, -0.05) is 48.5 Å². The molecule has 2 N–H and O–H groups in total. The average Bonchev–Trinajstić information content (AvgIpc) is 3.43. The van der Waals surface area contributed by atoms with E-state index in [0.29, 0.717) is 11.3 Å². The number of aromatic nitrogens is 1. The minimum Gasteiger partial charge on any atom is -0.507 e. The Bertz CT molecular complexity index is 1480. The van der Waals surface area contributed by atoms with Gasteiger partial charge in [-0.3, -0.25) is 9.59 Å². The number of methoxy groups -OCH3 is 1. The van der Waals surface area contributed by atoms with Crippen LogP contribution in [0.5, 0.6) is 5.75 Å². The van der Waals surface area contributed by atoms with Gasteiger partial charge in [0.05, 0.1) is 25.3 Å². The standard InChI is InChI=1S/C29H27N3O4/c1-31(2)20-14-12-18(13-15-20)26-25(27(33)22-16-30-23-10-6-5-9-21(22)23)28(34)29(35)32(26)17-19-8-4-7-11-24(19)36-3/h4-16,26,30,33H,17H2,1-3H3/b27-25-. The van der Waals surface area contributed by atoms with E-state index in [9.17, 15) is 14.7 Å². The Balaban J connectivity index is 1.68. The maximum atomic E-state index is 13.4. The molecule has 1 amide bonds. The first-order chi connectivity index (χ1) is 17.4. The molecule has 36 heavy (non-hydrogen) atoms. The minimum atomic E-state index is -0.764. The number of hydrogen-bond acceptors (Lipinski definition) is 5. The van der Waals surface area contributed by atoms with Crippen molar-refractivity contribution in [2.24, 2.45) is 0 Å². The van der Waals surface area contributed by atoms with Crippen LogP contribution in [0.3, 0.4) is 0 Å². The van der Waals surface area contributed by atoms with Crippen molar-refractivity contribution in [3.8, 4) is 5.75 Å². The molecule has 1 aliphatic rings. The number of H-pyrrole nitrogens is 1. The van der Waals surface area contributed by atoms with Crippen LogP contribution in [0.2, 0.25) is 0 Å². The van der Waals surface area contributed by atoms with Gasteiger partial charge in [0.2, 0.25) is 0 Å². The third kappa shape index (κ3) is 3.88. The largest absolute Gasteiger partial charge is 0.507 e. The molecule has 1 aliphatic heterocycles. The van der Waals surface area contributed by atoms with E-state index in [1.165, 1.54) is 4.90 Å². The highest BCUT2D eigenvalue weighted by atomic mass is 16.5. The number of Topliss-reactive ketones (excluding diaryl/α,β-unsaturated/α-hetero) is 1. The first-order valence-electron chi connectivity index (χ1n) is 11.6. The molecule has 4 aromatic rings. The van der Waals surface area contributed by atoms with Crippen LogP contribution in [0.4, 0.5) is 5.69 Å². The Morgan fingerprint density at radius 3 is 2.42 bits per heavy atom. The molecular weight excluding hydrogens is 454 g/mol. The predicted octanol–water partition coefficient (Wildman–Crippen LogP) is 4.86. The topological polar surface area (TPSA) is 85.9 Å². The summed E-state index contributed by atoms with van der Waals surface area (Å²) < 4.78 is 5.49. The zero-order valence-corrected chi connectivity index (χ0v) is 20.4. The van der Waals surface area contributed by atoms with E-state index in [4.69, 9.17) is 4.74 Å². The first-order valence-corrected chi connectivity index (χ1v) is 11.6. The average molecular weight is 482 g/mol. The van der Waals surface area contributed by atoms with Crippen molar-refractivity contribution in [1.82, 2.24) is 9.88 Å². The number of ketones is 1. The van der Waals surface area contributed by atoms with Gasteiger partial charge in [0.25, 0.3) is 11.7 Å². The number of aliphatic hydroxyl groups is 1. The van der Waals surface area contributed by atoms with Crippen LogP contribution in [0.1, 0.15) is 22.7 Å². The van der Waals surface area contributed by atoms with Crippen molar-refractivity contribution in [2.75, 3.05) is 26.1 Å². The van der Waals surface area contributed by atoms with E-state index >= 15 is 0 Å². The second-order valence-electron chi connectivity index (χ2n) is 8.97. The Kier molecular flexibility index (Phi) is 5.98. The van der Waals surface area contributed by atoms with E-state index in [1.54, 1.807) is 13.3 Å². The third-order valence-electron chi connectivity index (χ3n) is 6.64. The number of nitrogens with zero attached hydrogens (tertiary/aromatic N) is 2. The molecule has 0 radical (unpaired) electrons. The lowest BCUT2D eigenvalue weighted by Gasteiger charge is -2.26. The smallest absolute Gasteiger partial charge is 0.295 e. The van der Waals surface area contributed by atoms with Gasteiger partial charge in [-0.15, -0.1) is 0 Å². The summed E-state index contributed by atoms with van der Waals surface area (Å²) in [7, 11) is 5.46. The fourth-order valence-electron chi connectivity index (χ4n) is 4.77. The fraction of sp³-hybridized carbons (Fsp3) is 0.172. The number of amides is 1. The van der Waals surface area contributed by atoms with E-state index < -0.39 is 17.7 Å². The maximum Gasteiger partial charge on any atom is 0.295 e. The summed E-state index contributed by atoms with van der Waals surface area (Å²) >= 11 is 0. The molecule has 182 valence electrons. The summed E-state index contributed by atoms with van der Waals surface area (Å²) in [6.07, 6.45) is 1.67. The second-order valence-corrected chi connectivity index (χ2v) is 8.97. The van der Waals surface area contributed by atoms with Gasteiger partial charge in [0.15, 0.2) is 0 Å². The van der Waals surface area contributed by atoms with Crippen LogP contribution in [0, 0.1) is 0 Å². The number of para-hydroxylation sites is 2. The van der Waals surface area contributed by atoms with Crippen LogP contribution < -0.4 is 9.64 Å². The summed E-state index contributed by atoms with van der Waals surface area (Å²) in [6, 6.07) is 21.8. The number of rotatable bonds is 6. The van der Waals surface area contributed by atoms with Crippen molar-refractivity contribution in [1.29, 1.82) is 0 Å². The number of anilines is 1. The summed E-state index contributed by atoms with van der Waals surface area (Å²) in [5.74, 6) is -0.953. The second kappa shape index (κ2) is 9.26. The lowest BCUT2D eigenvalue weighted by atomic mass is 9.94. The van der Waals surface area contributed by atoms with Crippen molar-refractivity contribution in [3.05, 3.63) is 101 Å². The number of likely N-dealkylation sites (tertiary alicyclic amines) is 1. The van der Waals surface area contributed by atoms with Gasteiger partial charge in [-0.05, 0) is 29.8 Å². The fourth-order valence-corrected chi connectivity index (χ4v) is 4.77. The maximum absolute atomic E-state index is 13.4. The highest BCUT2D eigenvalue weighted by molar-refractivity contribution is 6.46. The molecule has 1 atom stereocenters. The quantitative estimate of drug-likeness (QED) is 0.233. The van der Waals surface area contributed by atoms with E-state index in [-0.39, 0.29) is 17.9 Å². The van der Waals surface area contributed by atoms with Gasteiger partial charge in [-0.2, -0.15) is 0 Å². The van der Waals surface area contributed by atoms with Crippen molar-refractivity contribution < 1.29 is 19.4 Å². The molecule has 0 saturated carbocycles. The first kappa shape index (κ1) is 23.2. The Morgan fingerprint density at radius 2 is 1.69 bits per heavy atom. The number of hydrogen-bond donors (Lipinski definition) is 2. The van der Waals surface area contributed by atoms with Crippen molar-refractivity contribution >= 4 is 34.0 Å². The van der Waals surface area contributed by atoms with Crippen LogP contribution in [0.15, 0.2) is 84.6 Å². The Labute approximate surface area is 209 Å². The van der Waals surface area contributed by atoms with Crippen LogP contribution in [0.25, 0.3) is 16.7 Å². The van der Waals surface area contributed by atoms with Gasteiger partial charge in [-0.25, -0.2) is 0 Å². The number of benzene rings is 3. The SMILES string of the molecule is COc1ccccc1CN1C(=O)C(=O)/C(=C(\O)c2c[nH]c3ccccc23)C1c1ccc(N(C)C)cc1. The molecule has 2 heterocycles. The molecule has 3 aromatic carbocycles. The monoisotopic (exact) mass is 481 g/mol. The third-order valence-corrected chi connectivity index (χ3v) is 6.64. The molecule has 7 heteroatoms. The number of nitrogens with one attached hydrogen (secondary N) is 1. The molecule has 5 rings (SSSR count). The summed E-state index contributed by atoms with van der Waals surface area (Å²) in [6.45, 7) is 0.152. The molecular formula is C29H27N3O4. The zero-order chi connectivity index (χ0) is 25.4. The van der Waals surface area contributed by atoms with E-state index in [2.05, 4.69) is 4.98 Å². The van der Waals surface area contributed by atoms with Gasteiger partial charge in [0, 0.05) is 48.0 Å². The molecule has 0 bridgehead atoms. The molecule has 1 saturated heterocycles. The highest BCUT2D eigenvalue weighted by Crippen LogP contribution is 2.42. The van der Waals surface area contributed by atoms with Crippen LogP contribution in [-0.4, -0.2) is 47.9 Å². The molecule has 0 spiro atoms. The van der Waals surface area contributed by atoms with Crippen LogP contribution in [-0.2, 0) is 16.1 Å². The molecule has 1 unspecified atom stereocenters. The molecule has 7 nitrogen and oxygen atoms in total. The predicted molar refractivity (Wildman–Crippen MR) is 140 cm³/mol. The Hall–Kier alpha value is -4.52. The van der Waals surface area contributed by atoms with Gasteiger partial charge < -0.3 is 24.6 Å². The van der Waals surface area contributed by atoms with Crippen LogP contribution >= 0.6 is 0 Å². The molecule has 1 aromatic heterocycles. The summed E-state index contributed by atoms with van der Waals surface area (Å²) in [5.41, 5.74) is 3.86. The number of carbonyl (C=O) groups is 2. The van der Waals surface area contributed by atoms with Gasteiger partial charge in [0.1, 0.15) is 11.5 Å². The summed E-state index contributed by atoms with van der Waals surface area (Å²) in [4.78, 5) is 33.4. The minimum absolute atomic E-state index is 0.0669. The zero-order valence-electron chi connectivity index (χ0n) is 20.4. The number of carbonyl (C=O) groups excluding carboxylic acids is 2. The van der Waals surface area contributed by atoms with E-state index in [1.807, 2.05) is 91.8 Å². The number of fused-ring (bicyclic) bond motifs is 1. The number of aromatic amines is 1. The lowest BCUT2D eigenvalue weighted by molar-refractivity contribution is -0.140. The summed E-state index contributed by atoms with van der Waals surface area (Å²) in [5, 5.41) is 12.3. The number of ether oxygens (including phenoxy) is 1. The lowest BCUT2D eigenvalue weighted by Crippen LogP contribution is -2.29. The normalized spacial score (nSPS) is 17.1. The molecule has 0 aliphatic carbocycles. The number of aliphatic hydroxyl groups excluding tert-OH is 1. The van der Waals surface area contributed by atoms with Crippen molar-refractivity contribution in [2.45, 2.75) is 12.6 Å². The molecule has 1 fully saturated rings. The highest BCUT2D eigenvalue weighted by Gasteiger charge is 2.46. The Morgan fingerprint density at radius 1 is 1.00 bits per heavy atom. The van der Waals surface area contributed by atoms with Crippen molar-refractivity contribution in [3.63, 3.8) is 0 Å². The van der Waals surface area contributed by atoms with E-state index in [0.717, 1.165) is 27.7 Å². The van der Waals surface area contributed by atoms with Gasteiger partial charge >= 0.3 is 0 Å².